The van der Waals surface area contributed by atoms with E-state index in [-0.39, 0.29) is 37.5 Å². The molecule has 0 aliphatic heterocycles. The minimum atomic E-state index is -4.64. The number of nitrogens with one attached hydrogen (secondary N) is 1. The molecule has 2 rings (SSSR count). The van der Waals surface area contributed by atoms with Gasteiger partial charge in [0.25, 0.3) is 0 Å². The predicted octanol–water partition coefficient (Wildman–Crippen LogP) is 5.24. The van der Waals surface area contributed by atoms with Crippen LogP contribution in [0.3, 0.4) is 0 Å². The quantitative estimate of drug-likeness (QED) is 0.420. The molecule has 0 aromatic heterocycles. The molecule has 7 nitrogen and oxygen atoms in total. The minimum absolute atomic E-state index is 0.00871. The van der Waals surface area contributed by atoms with E-state index in [4.69, 9.17) is 11.6 Å². The van der Waals surface area contributed by atoms with E-state index in [1.807, 2.05) is 20.8 Å². The van der Waals surface area contributed by atoms with Gasteiger partial charge in [-0.25, -0.2) is 8.42 Å². The fourth-order valence-corrected chi connectivity index (χ4v) is 4.86. The molecule has 0 spiro atoms. The third-order valence-corrected chi connectivity index (χ3v) is 7.14. The number of sulfonamides is 1. The van der Waals surface area contributed by atoms with Gasteiger partial charge in [0.2, 0.25) is 21.8 Å². The van der Waals surface area contributed by atoms with Crippen LogP contribution in [0.5, 0.6) is 0 Å². The number of anilines is 1. The Balaban J connectivity index is 2.25. The van der Waals surface area contributed by atoms with Crippen molar-refractivity contribution in [2.75, 3.05) is 17.1 Å². The van der Waals surface area contributed by atoms with Gasteiger partial charge >= 0.3 is 6.18 Å². The molecule has 0 bridgehead atoms. The summed E-state index contributed by atoms with van der Waals surface area (Å²) in [7, 11) is -3.94. The number of amides is 2. The van der Waals surface area contributed by atoms with Crippen molar-refractivity contribution in [3.63, 3.8) is 0 Å². The number of halogens is 4. The zero-order valence-electron chi connectivity index (χ0n) is 22.0. The molecule has 0 radical (unpaired) electrons. The number of alkyl halides is 3. The molecule has 1 N–H and O–H groups in total. The Morgan fingerprint density at radius 3 is 2.24 bits per heavy atom. The van der Waals surface area contributed by atoms with Crippen LogP contribution < -0.4 is 9.62 Å². The molecule has 0 saturated carbocycles. The molecule has 0 aliphatic carbocycles. The summed E-state index contributed by atoms with van der Waals surface area (Å²) in [5.41, 5.74) is -1.05. The van der Waals surface area contributed by atoms with Gasteiger partial charge in [0, 0.05) is 30.1 Å². The summed E-state index contributed by atoms with van der Waals surface area (Å²) in [6, 6.07) is 10.0. The average molecular weight is 576 g/mol. The summed E-state index contributed by atoms with van der Waals surface area (Å²) in [6.45, 7) is 6.83. The largest absolute Gasteiger partial charge is 0.416 e. The van der Waals surface area contributed by atoms with Crippen molar-refractivity contribution in [2.24, 2.45) is 0 Å². The second-order valence-corrected chi connectivity index (χ2v) is 12.3. The lowest BCUT2D eigenvalue weighted by Gasteiger charge is -2.32. The van der Waals surface area contributed by atoms with E-state index in [0.29, 0.717) is 10.6 Å². The molecule has 1 atom stereocenters. The third-order valence-electron chi connectivity index (χ3n) is 5.58. The van der Waals surface area contributed by atoms with Crippen molar-refractivity contribution < 1.29 is 31.2 Å². The van der Waals surface area contributed by atoms with Crippen LogP contribution in [0.2, 0.25) is 5.02 Å². The molecule has 0 aliphatic rings. The molecule has 2 amide bonds. The van der Waals surface area contributed by atoms with E-state index in [1.165, 1.54) is 11.0 Å². The van der Waals surface area contributed by atoms with Gasteiger partial charge in [-0.05, 0) is 63.9 Å². The molecule has 38 heavy (non-hydrogen) atoms. The first-order chi connectivity index (χ1) is 17.4. The number of carbonyl (C=O) groups is 2. The first-order valence-corrected chi connectivity index (χ1v) is 14.1. The summed E-state index contributed by atoms with van der Waals surface area (Å²) in [6.07, 6.45) is -3.90. The van der Waals surface area contributed by atoms with Crippen LogP contribution in [-0.4, -0.2) is 49.5 Å². The number of rotatable bonds is 10. The first kappa shape index (κ1) is 31.4. The van der Waals surface area contributed by atoms with Crippen LogP contribution in [0.1, 0.15) is 51.7 Å². The molecule has 12 heteroatoms. The molecule has 2 aromatic rings. The fraction of sp³-hybridized carbons (Fsp3) is 0.462. The van der Waals surface area contributed by atoms with Crippen LogP contribution in [0.15, 0.2) is 48.5 Å². The van der Waals surface area contributed by atoms with Crippen LogP contribution in [0.25, 0.3) is 0 Å². The van der Waals surface area contributed by atoms with Crippen molar-refractivity contribution in [3.05, 3.63) is 64.7 Å². The minimum Gasteiger partial charge on any atom is -0.350 e. The van der Waals surface area contributed by atoms with Gasteiger partial charge in [0.15, 0.2) is 0 Å². The van der Waals surface area contributed by atoms with Gasteiger partial charge in [-0.1, -0.05) is 35.9 Å². The van der Waals surface area contributed by atoms with Crippen molar-refractivity contribution in [3.8, 4) is 0 Å². The summed E-state index contributed by atoms with van der Waals surface area (Å²) >= 11 is 6.28. The van der Waals surface area contributed by atoms with Crippen LogP contribution in [0.4, 0.5) is 18.9 Å². The SMILES string of the molecule is CC(C(=O)NC(C)(C)C)N(Cc1ccccc1Cl)C(=O)CCCN(c1cccc(C(F)(F)F)c1)S(C)(=O)=O. The molecular weight excluding hydrogens is 543 g/mol. The van der Waals surface area contributed by atoms with Gasteiger partial charge < -0.3 is 10.2 Å². The first-order valence-electron chi connectivity index (χ1n) is 11.9. The van der Waals surface area contributed by atoms with Crippen molar-refractivity contribution in [1.29, 1.82) is 0 Å². The van der Waals surface area contributed by atoms with Crippen molar-refractivity contribution in [2.45, 2.75) is 64.8 Å². The van der Waals surface area contributed by atoms with Crippen LogP contribution >= 0.6 is 11.6 Å². The summed E-state index contributed by atoms with van der Waals surface area (Å²) in [5.74, 6) is -0.807. The standard InChI is InChI=1S/C26H33ClF3N3O4S/c1-18(24(35)31-25(2,3)4)32(17-19-10-6-7-13-22(19)27)23(34)14-9-15-33(38(5,36)37)21-12-8-11-20(16-21)26(28,29)30/h6-8,10-13,16,18H,9,14-15,17H2,1-5H3,(H,31,35). The maximum atomic E-state index is 13.3. The Bertz CT molecular complexity index is 1250. The van der Waals surface area contributed by atoms with Crippen molar-refractivity contribution in [1.82, 2.24) is 10.2 Å². The Labute approximate surface area is 227 Å². The zero-order chi connectivity index (χ0) is 28.9. The maximum absolute atomic E-state index is 13.3. The van der Waals surface area contributed by atoms with Crippen LogP contribution in [-0.2, 0) is 32.3 Å². The van der Waals surface area contributed by atoms with Gasteiger partial charge in [0.1, 0.15) is 6.04 Å². The van der Waals surface area contributed by atoms with E-state index < -0.39 is 39.3 Å². The lowest BCUT2D eigenvalue weighted by atomic mass is 10.1. The normalized spacial score (nSPS) is 13.1. The summed E-state index contributed by atoms with van der Waals surface area (Å²) in [4.78, 5) is 27.5. The summed E-state index contributed by atoms with van der Waals surface area (Å²) in [5, 5.41) is 3.26. The smallest absolute Gasteiger partial charge is 0.350 e. The number of hydrogen-bond acceptors (Lipinski definition) is 4. The highest BCUT2D eigenvalue weighted by atomic mass is 35.5. The third kappa shape index (κ3) is 9.20. The monoisotopic (exact) mass is 575 g/mol. The second-order valence-electron chi connectivity index (χ2n) is 10.0. The lowest BCUT2D eigenvalue weighted by Crippen LogP contribution is -2.52. The molecule has 0 fully saturated rings. The highest BCUT2D eigenvalue weighted by Gasteiger charge is 2.32. The topological polar surface area (TPSA) is 86.8 Å². The number of hydrogen-bond donors (Lipinski definition) is 1. The Morgan fingerprint density at radius 1 is 1.05 bits per heavy atom. The fourth-order valence-electron chi connectivity index (χ4n) is 3.71. The molecule has 0 heterocycles. The molecular formula is C26H33ClF3N3O4S. The Morgan fingerprint density at radius 2 is 1.68 bits per heavy atom. The maximum Gasteiger partial charge on any atom is 0.416 e. The second kappa shape index (κ2) is 12.4. The van der Waals surface area contributed by atoms with E-state index in [0.717, 1.165) is 28.8 Å². The van der Waals surface area contributed by atoms with Crippen molar-refractivity contribution >= 4 is 39.1 Å². The van der Waals surface area contributed by atoms with E-state index in [1.54, 1.807) is 31.2 Å². The van der Waals surface area contributed by atoms with E-state index >= 15 is 0 Å². The molecule has 2 aromatic carbocycles. The number of nitrogens with zero attached hydrogens (tertiary/aromatic N) is 2. The zero-order valence-corrected chi connectivity index (χ0v) is 23.5. The van der Waals surface area contributed by atoms with E-state index in [2.05, 4.69) is 5.32 Å². The van der Waals surface area contributed by atoms with E-state index in [9.17, 15) is 31.2 Å². The van der Waals surface area contributed by atoms with Gasteiger partial charge in [-0.15, -0.1) is 0 Å². The average Bonchev–Trinajstić information content (AvgIpc) is 2.78. The Kier molecular flexibility index (Phi) is 10.2. The number of benzene rings is 2. The van der Waals surface area contributed by atoms with Gasteiger partial charge in [-0.2, -0.15) is 13.2 Å². The number of carbonyl (C=O) groups excluding carboxylic acids is 2. The molecule has 210 valence electrons. The highest BCUT2D eigenvalue weighted by Crippen LogP contribution is 2.32. The summed E-state index contributed by atoms with van der Waals surface area (Å²) < 4.78 is 65.1. The molecule has 1 unspecified atom stereocenters. The highest BCUT2D eigenvalue weighted by molar-refractivity contribution is 7.92. The molecule has 0 saturated heterocycles. The lowest BCUT2D eigenvalue weighted by molar-refractivity contribution is -0.141. The van der Waals surface area contributed by atoms with Crippen LogP contribution in [0, 0.1) is 0 Å². The van der Waals surface area contributed by atoms with Gasteiger partial charge in [-0.3, -0.25) is 13.9 Å². The predicted molar refractivity (Wildman–Crippen MR) is 142 cm³/mol. The van der Waals surface area contributed by atoms with Gasteiger partial charge in [0.05, 0.1) is 17.5 Å². The Hall–Kier alpha value is -2.79.